The van der Waals surface area contributed by atoms with Gasteiger partial charge >= 0.3 is 5.97 Å². The molecule has 0 N–H and O–H groups in total. The highest BCUT2D eigenvalue weighted by molar-refractivity contribution is 14.1. The van der Waals surface area contributed by atoms with Crippen LogP contribution in [0.2, 0.25) is 0 Å². The fourth-order valence-electron chi connectivity index (χ4n) is 2.80. The second-order valence-corrected chi connectivity index (χ2v) is 6.55. The zero-order valence-corrected chi connectivity index (χ0v) is 15.3. The van der Waals surface area contributed by atoms with Crippen molar-refractivity contribution in [3.63, 3.8) is 0 Å². The molecule has 1 fully saturated rings. The molecule has 0 aromatic carbocycles. The van der Waals surface area contributed by atoms with Gasteiger partial charge in [-0.05, 0) is 37.5 Å². The number of rotatable bonds is 10. The van der Waals surface area contributed by atoms with E-state index in [0.29, 0.717) is 32.7 Å². The molecule has 0 aromatic heterocycles. The van der Waals surface area contributed by atoms with Gasteiger partial charge < -0.3 is 14.2 Å². The van der Waals surface area contributed by atoms with E-state index in [9.17, 15) is 4.79 Å². The first-order valence-corrected chi connectivity index (χ1v) is 9.21. The predicted molar refractivity (Wildman–Crippen MR) is 91.5 cm³/mol. The van der Waals surface area contributed by atoms with Crippen LogP contribution < -0.4 is 0 Å². The van der Waals surface area contributed by atoms with Gasteiger partial charge in [-0.25, -0.2) is 0 Å². The summed E-state index contributed by atoms with van der Waals surface area (Å²) in [5, 5.41) is 0. The number of carbonyl (C=O) groups is 1. The Morgan fingerprint density at radius 2 is 2.10 bits per heavy atom. The molecule has 1 heterocycles. The van der Waals surface area contributed by atoms with Crippen molar-refractivity contribution in [2.75, 3.05) is 24.2 Å². The average Bonchev–Trinajstić information content (AvgIpc) is 2.96. The monoisotopic (exact) mass is 410 g/mol. The highest BCUT2D eigenvalue weighted by Crippen LogP contribution is 2.46. The van der Waals surface area contributed by atoms with Gasteiger partial charge in [-0.2, -0.15) is 0 Å². The Bertz CT molecular complexity index is 339. The summed E-state index contributed by atoms with van der Waals surface area (Å²) in [5.41, 5.74) is -0.770. The number of unbranched alkanes of at least 4 members (excludes halogenated alkanes) is 1. The molecule has 4 nitrogen and oxygen atoms in total. The van der Waals surface area contributed by atoms with Gasteiger partial charge in [0.05, 0.1) is 19.8 Å². The summed E-state index contributed by atoms with van der Waals surface area (Å²) < 4.78 is 18.3. The largest absolute Gasteiger partial charge is 0.465 e. The maximum Gasteiger partial charge on any atom is 0.317 e. The summed E-state index contributed by atoms with van der Waals surface area (Å²) in [6, 6.07) is 0. The van der Waals surface area contributed by atoms with E-state index < -0.39 is 11.2 Å². The van der Waals surface area contributed by atoms with Crippen LogP contribution in [0.3, 0.4) is 0 Å². The number of carbonyl (C=O) groups excluding carboxylic acids is 1. The number of alkyl halides is 1. The van der Waals surface area contributed by atoms with Crippen LogP contribution in [0.5, 0.6) is 0 Å². The van der Waals surface area contributed by atoms with E-state index in [1.807, 2.05) is 19.9 Å². The Morgan fingerprint density at radius 3 is 2.62 bits per heavy atom. The van der Waals surface area contributed by atoms with Gasteiger partial charge in [0.25, 0.3) is 0 Å². The van der Waals surface area contributed by atoms with Crippen molar-refractivity contribution < 1.29 is 19.0 Å². The minimum atomic E-state index is -0.876. The Hall–Kier alpha value is -0.140. The Morgan fingerprint density at radius 1 is 1.43 bits per heavy atom. The first-order chi connectivity index (χ1) is 10.1. The number of ether oxygens (including phenoxy) is 3. The molecule has 0 bridgehead atoms. The summed E-state index contributed by atoms with van der Waals surface area (Å²) >= 11 is 2.36. The number of hydrogen-bond donors (Lipinski definition) is 0. The molecule has 1 unspecified atom stereocenters. The van der Waals surface area contributed by atoms with Gasteiger partial charge in [0.1, 0.15) is 5.41 Å². The van der Waals surface area contributed by atoms with E-state index in [2.05, 4.69) is 29.2 Å². The molecule has 5 heteroatoms. The van der Waals surface area contributed by atoms with E-state index >= 15 is 0 Å². The molecule has 122 valence electrons. The molecule has 1 aliphatic heterocycles. The fraction of sp³-hybridized carbons (Fsp3) is 0.812. The number of halogens is 1. The van der Waals surface area contributed by atoms with Gasteiger partial charge in [-0.15, -0.1) is 6.58 Å². The molecule has 0 aliphatic carbocycles. The van der Waals surface area contributed by atoms with E-state index in [4.69, 9.17) is 14.2 Å². The van der Waals surface area contributed by atoms with E-state index in [1.165, 1.54) is 0 Å². The van der Waals surface area contributed by atoms with E-state index in [0.717, 1.165) is 23.7 Å². The van der Waals surface area contributed by atoms with Crippen molar-refractivity contribution >= 4 is 28.6 Å². The third kappa shape index (κ3) is 4.42. The van der Waals surface area contributed by atoms with Gasteiger partial charge in [-0.3, -0.25) is 4.79 Å². The molecule has 21 heavy (non-hydrogen) atoms. The SMILES string of the molecule is C=CCCC1(C(C)(CCCCI)C(=O)OCC)OCCO1. The van der Waals surface area contributed by atoms with Crippen molar-refractivity contribution in [2.45, 2.75) is 51.7 Å². The number of esters is 1. The molecule has 1 aliphatic rings. The second kappa shape index (κ2) is 9.10. The van der Waals surface area contributed by atoms with Crippen LogP contribution in [0.15, 0.2) is 12.7 Å². The van der Waals surface area contributed by atoms with E-state index in [1.54, 1.807) is 0 Å². The molecule has 0 aromatic rings. The zero-order valence-electron chi connectivity index (χ0n) is 13.2. The Labute approximate surface area is 141 Å². The maximum atomic E-state index is 12.6. The van der Waals surface area contributed by atoms with E-state index in [-0.39, 0.29) is 5.97 Å². The van der Waals surface area contributed by atoms with Crippen molar-refractivity contribution in [3.8, 4) is 0 Å². The molecule has 1 saturated heterocycles. The highest BCUT2D eigenvalue weighted by atomic mass is 127. The van der Waals surface area contributed by atoms with Crippen LogP contribution in [0, 0.1) is 5.41 Å². The standard InChI is InChI=1S/C16H27IO4/c1-4-6-10-16(20-12-13-21-16)15(3,9-7-8-11-17)14(18)19-5-2/h4H,1,5-13H2,2-3H3. The van der Waals surface area contributed by atoms with Crippen LogP contribution in [-0.2, 0) is 19.0 Å². The quantitative estimate of drug-likeness (QED) is 0.180. The number of hydrogen-bond acceptors (Lipinski definition) is 4. The highest BCUT2D eigenvalue weighted by Gasteiger charge is 2.57. The van der Waals surface area contributed by atoms with Crippen molar-refractivity contribution in [1.82, 2.24) is 0 Å². The van der Waals surface area contributed by atoms with Crippen molar-refractivity contribution in [3.05, 3.63) is 12.7 Å². The van der Waals surface area contributed by atoms with Crippen molar-refractivity contribution in [2.24, 2.45) is 5.41 Å². The summed E-state index contributed by atoms with van der Waals surface area (Å²) in [6.07, 6.45) is 5.97. The second-order valence-electron chi connectivity index (χ2n) is 5.48. The minimum Gasteiger partial charge on any atom is -0.465 e. The average molecular weight is 410 g/mol. The normalized spacial score (nSPS) is 20.0. The third-order valence-corrected chi connectivity index (χ3v) is 4.82. The smallest absolute Gasteiger partial charge is 0.317 e. The first-order valence-electron chi connectivity index (χ1n) is 7.68. The fourth-order valence-corrected chi connectivity index (χ4v) is 3.34. The van der Waals surface area contributed by atoms with Gasteiger partial charge in [0, 0.05) is 6.42 Å². The van der Waals surface area contributed by atoms with Gasteiger partial charge in [0.15, 0.2) is 5.79 Å². The lowest BCUT2D eigenvalue weighted by molar-refractivity contribution is -0.245. The molecule has 0 radical (unpaired) electrons. The topological polar surface area (TPSA) is 44.8 Å². The summed E-state index contributed by atoms with van der Waals surface area (Å²) in [4.78, 5) is 12.6. The molecule has 0 saturated carbocycles. The number of allylic oxidation sites excluding steroid dienone is 1. The molecule has 1 atom stereocenters. The zero-order chi connectivity index (χ0) is 15.8. The predicted octanol–water partition coefficient (Wildman–Crippen LogP) is 3.87. The van der Waals surface area contributed by atoms with Crippen LogP contribution in [-0.4, -0.2) is 36.0 Å². The van der Waals surface area contributed by atoms with Gasteiger partial charge in [0.2, 0.25) is 0 Å². The maximum absolute atomic E-state index is 12.6. The minimum absolute atomic E-state index is 0.218. The summed E-state index contributed by atoms with van der Waals surface area (Å²) in [7, 11) is 0. The van der Waals surface area contributed by atoms with Crippen molar-refractivity contribution in [1.29, 1.82) is 0 Å². The van der Waals surface area contributed by atoms with Crippen LogP contribution in [0.25, 0.3) is 0 Å². The molecule has 1 rings (SSSR count). The van der Waals surface area contributed by atoms with Gasteiger partial charge in [-0.1, -0.05) is 35.1 Å². The lowest BCUT2D eigenvalue weighted by atomic mass is 9.74. The lowest BCUT2D eigenvalue weighted by Gasteiger charge is -2.42. The Balaban J connectivity index is 2.99. The molecule has 0 spiro atoms. The summed E-state index contributed by atoms with van der Waals surface area (Å²) in [6.45, 7) is 8.94. The molecule has 0 amide bonds. The van der Waals surface area contributed by atoms with Crippen LogP contribution >= 0.6 is 22.6 Å². The molecular formula is C16H27IO4. The Kier molecular flexibility index (Phi) is 8.19. The lowest BCUT2D eigenvalue weighted by Crippen LogP contribution is -2.53. The first kappa shape index (κ1) is 18.9. The summed E-state index contributed by atoms with van der Waals surface area (Å²) in [5.74, 6) is -1.09. The van der Waals surface area contributed by atoms with Crippen LogP contribution in [0.4, 0.5) is 0 Å². The van der Waals surface area contributed by atoms with Crippen LogP contribution in [0.1, 0.15) is 46.0 Å². The molecular weight excluding hydrogens is 383 g/mol. The third-order valence-electron chi connectivity index (χ3n) is 4.06.